The van der Waals surface area contributed by atoms with Crippen molar-refractivity contribution in [2.75, 3.05) is 6.54 Å². The second-order valence-electron chi connectivity index (χ2n) is 5.08. The second-order valence-corrected chi connectivity index (χ2v) is 7.40. The Labute approximate surface area is 124 Å². The van der Waals surface area contributed by atoms with Crippen LogP contribution in [0.25, 0.3) is 0 Å². The van der Waals surface area contributed by atoms with Gasteiger partial charge in [-0.15, -0.1) is 0 Å². The van der Waals surface area contributed by atoms with Crippen molar-refractivity contribution in [3.05, 3.63) is 29.8 Å². The Balaban J connectivity index is 2.78. The zero-order chi connectivity index (χ0) is 16.3. The Hall–Kier alpha value is -1.16. The zero-order valence-corrected chi connectivity index (χ0v) is 12.9. The lowest BCUT2D eigenvalue weighted by Gasteiger charge is -2.22. The molecule has 1 aromatic rings. The van der Waals surface area contributed by atoms with Gasteiger partial charge in [-0.2, -0.15) is 0 Å². The van der Waals surface area contributed by atoms with E-state index in [0.29, 0.717) is 0 Å². The Morgan fingerprint density at radius 2 is 1.86 bits per heavy atom. The first-order valence-electron chi connectivity index (χ1n) is 6.35. The van der Waals surface area contributed by atoms with Crippen LogP contribution in [0.5, 0.6) is 5.75 Å². The average molecular weight is 319 g/mol. The molecule has 9 heteroatoms. The van der Waals surface area contributed by atoms with Crippen molar-refractivity contribution in [2.45, 2.75) is 31.7 Å². The van der Waals surface area contributed by atoms with Gasteiger partial charge in [0.25, 0.3) is 0 Å². The maximum Gasteiger partial charge on any atom is 0.707 e. The van der Waals surface area contributed by atoms with E-state index >= 15 is 0 Å². The summed E-state index contributed by atoms with van der Waals surface area (Å²) in [6.07, 6.45) is 0. The highest BCUT2D eigenvalue weighted by atomic mass is 32.2. The van der Waals surface area contributed by atoms with Gasteiger partial charge >= 0.3 is 7.32 Å². The van der Waals surface area contributed by atoms with Crippen LogP contribution in [0, 0.1) is 0 Å². The second kappa shape index (κ2) is 6.74. The summed E-state index contributed by atoms with van der Waals surface area (Å²) in [5.41, 5.74) is -1.66. The number of halogens is 1. The fourth-order valence-electron chi connectivity index (χ4n) is 1.51. The molecule has 0 spiro atoms. The van der Waals surface area contributed by atoms with Crippen molar-refractivity contribution in [2.24, 2.45) is 0 Å². The highest BCUT2D eigenvalue weighted by Gasteiger charge is 2.29. The predicted molar refractivity (Wildman–Crippen MR) is 77.8 cm³/mol. The van der Waals surface area contributed by atoms with Gasteiger partial charge in [0.05, 0.1) is 5.25 Å². The highest BCUT2D eigenvalue weighted by Crippen LogP contribution is 2.27. The van der Waals surface area contributed by atoms with Gasteiger partial charge in [0.1, 0.15) is 11.4 Å². The van der Waals surface area contributed by atoms with Gasteiger partial charge in [-0.1, -0.05) is 12.1 Å². The molecule has 1 rings (SSSR count). The smallest absolute Gasteiger partial charge is 0.512 e. The Morgan fingerprint density at radius 3 is 2.29 bits per heavy atom. The van der Waals surface area contributed by atoms with E-state index in [4.69, 9.17) is 10.0 Å². The van der Waals surface area contributed by atoms with Crippen molar-refractivity contribution in [1.82, 2.24) is 4.72 Å². The number of alkyl halides is 1. The number of nitrogens with one attached hydrogen (secondary N) is 1. The molecule has 3 N–H and O–H groups in total. The maximum absolute atomic E-state index is 14.5. The maximum atomic E-state index is 14.5. The van der Waals surface area contributed by atoms with Crippen LogP contribution in [0.2, 0.25) is 0 Å². The van der Waals surface area contributed by atoms with Crippen LogP contribution in [0.15, 0.2) is 24.3 Å². The van der Waals surface area contributed by atoms with Crippen LogP contribution < -0.4 is 9.38 Å². The molecular formula is C12H19BFNO5S. The minimum absolute atomic E-state index is 0.160. The third-order valence-corrected chi connectivity index (χ3v) is 4.71. The zero-order valence-electron chi connectivity index (χ0n) is 12.1. The molecule has 0 aliphatic carbocycles. The summed E-state index contributed by atoms with van der Waals surface area (Å²) in [6.45, 7) is 3.87. The fraction of sp³-hybridized carbons (Fsp3) is 0.500. The van der Waals surface area contributed by atoms with Crippen LogP contribution in [-0.2, 0) is 15.7 Å². The molecule has 0 saturated heterocycles. The van der Waals surface area contributed by atoms with Crippen molar-refractivity contribution in [1.29, 1.82) is 0 Å². The standard InChI is InChI=1S/C12H19BFNO5S/c1-9(2)21(18,19)15-8-12(3,14)10-4-6-11(7-5-10)20-13(16)17/h4-7,9,15-17H,8H2,1-3H3. The minimum atomic E-state index is -3.54. The molecule has 1 atom stereocenters. The molecule has 118 valence electrons. The third-order valence-electron chi connectivity index (χ3n) is 2.92. The van der Waals surface area contributed by atoms with E-state index in [1.807, 2.05) is 0 Å². The Kier molecular flexibility index (Phi) is 5.74. The number of benzene rings is 1. The van der Waals surface area contributed by atoms with Crippen LogP contribution in [0.1, 0.15) is 26.3 Å². The lowest BCUT2D eigenvalue weighted by molar-refractivity contribution is 0.196. The van der Waals surface area contributed by atoms with Crippen molar-refractivity contribution < 1.29 is 27.5 Å². The van der Waals surface area contributed by atoms with Crippen molar-refractivity contribution >= 4 is 17.3 Å². The SMILES string of the molecule is CC(C)S(=O)(=O)NCC(C)(F)c1ccc(OB(O)O)cc1. The Morgan fingerprint density at radius 1 is 1.33 bits per heavy atom. The average Bonchev–Trinajstić information content (AvgIpc) is 2.36. The summed E-state index contributed by atoms with van der Waals surface area (Å²) in [5.74, 6) is 0.160. The molecule has 21 heavy (non-hydrogen) atoms. The van der Waals surface area contributed by atoms with Gasteiger partial charge in [-0.3, -0.25) is 0 Å². The van der Waals surface area contributed by atoms with E-state index in [2.05, 4.69) is 9.38 Å². The topological polar surface area (TPSA) is 95.9 Å². The lowest BCUT2D eigenvalue weighted by Crippen LogP contribution is -2.39. The number of hydrogen-bond donors (Lipinski definition) is 3. The normalized spacial score (nSPS) is 14.8. The molecular weight excluding hydrogens is 300 g/mol. The van der Waals surface area contributed by atoms with Gasteiger partial charge in [-0.25, -0.2) is 17.5 Å². The first-order valence-corrected chi connectivity index (χ1v) is 7.90. The van der Waals surface area contributed by atoms with Crippen LogP contribution >= 0.6 is 0 Å². The van der Waals surface area contributed by atoms with Crippen LogP contribution in [0.3, 0.4) is 0 Å². The summed E-state index contributed by atoms with van der Waals surface area (Å²) in [4.78, 5) is 0. The molecule has 0 aromatic heterocycles. The van der Waals surface area contributed by atoms with Gasteiger partial charge in [-0.05, 0) is 38.5 Å². The predicted octanol–water partition coefficient (Wildman–Crippen LogP) is 0.547. The number of rotatable bonds is 7. The summed E-state index contributed by atoms with van der Waals surface area (Å²) in [5, 5.41) is 16.6. The number of hydrogen-bond acceptors (Lipinski definition) is 5. The lowest BCUT2D eigenvalue weighted by atomic mass is 9.98. The minimum Gasteiger partial charge on any atom is -0.512 e. The van der Waals surface area contributed by atoms with Gasteiger partial charge < -0.3 is 14.7 Å². The van der Waals surface area contributed by atoms with Gasteiger partial charge in [0, 0.05) is 6.54 Å². The molecule has 0 bridgehead atoms. The van der Waals surface area contributed by atoms with Gasteiger partial charge in [0.2, 0.25) is 10.0 Å². The third kappa shape index (κ3) is 5.27. The molecule has 0 fully saturated rings. The molecule has 0 heterocycles. The number of sulfonamides is 1. The van der Waals surface area contributed by atoms with E-state index in [-0.39, 0.29) is 11.3 Å². The molecule has 6 nitrogen and oxygen atoms in total. The first-order chi connectivity index (χ1) is 9.54. The molecule has 1 aromatic carbocycles. The van der Waals surface area contributed by atoms with E-state index in [9.17, 15) is 12.8 Å². The summed E-state index contributed by atoms with van der Waals surface area (Å²) < 4.78 is 44.6. The first kappa shape index (κ1) is 17.9. The molecule has 0 amide bonds. The molecule has 0 saturated carbocycles. The van der Waals surface area contributed by atoms with E-state index in [0.717, 1.165) is 0 Å². The molecule has 0 aliphatic heterocycles. The quantitative estimate of drug-likeness (QED) is 0.638. The summed E-state index contributed by atoms with van der Waals surface area (Å²) in [7, 11) is -5.50. The van der Waals surface area contributed by atoms with E-state index < -0.39 is 34.8 Å². The molecule has 0 radical (unpaired) electrons. The van der Waals surface area contributed by atoms with E-state index in [1.54, 1.807) is 0 Å². The van der Waals surface area contributed by atoms with Gasteiger partial charge in [0.15, 0.2) is 0 Å². The fourth-order valence-corrected chi connectivity index (χ4v) is 2.31. The molecule has 0 aliphatic rings. The largest absolute Gasteiger partial charge is 0.707 e. The Bertz CT molecular complexity index is 560. The highest BCUT2D eigenvalue weighted by molar-refractivity contribution is 7.90. The summed E-state index contributed by atoms with van der Waals surface area (Å²) in [6, 6.07) is 5.51. The van der Waals surface area contributed by atoms with E-state index in [1.165, 1.54) is 45.0 Å². The van der Waals surface area contributed by atoms with Crippen LogP contribution in [-0.4, -0.2) is 37.6 Å². The van der Waals surface area contributed by atoms with Crippen molar-refractivity contribution in [3.8, 4) is 5.75 Å². The molecule has 1 unspecified atom stereocenters. The van der Waals surface area contributed by atoms with Crippen LogP contribution in [0.4, 0.5) is 4.39 Å². The van der Waals surface area contributed by atoms with Crippen molar-refractivity contribution in [3.63, 3.8) is 0 Å². The monoisotopic (exact) mass is 319 g/mol. The summed E-state index contributed by atoms with van der Waals surface area (Å²) >= 11 is 0.